The van der Waals surface area contributed by atoms with Crippen LogP contribution in [0, 0.1) is 5.92 Å². The fourth-order valence-electron chi connectivity index (χ4n) is 2.80. The van der Waals surface area contributed by atoms with Crippen molar-refractivity contribution >= 4 is 42.9 Å². The van der Waals surface area contributed by atoms with E-state index in [0.29, 0.717) is 12.4 Å². The second kappa shape index (κ2) is 10.9. The first-order valence-corrected chi connectivity index (χ1v) is 14.0. The summed E-state index contributed by atoms with van der Waals surface area (Å²) in [6, 6.07) is 8.51. The standard InChI is InChI=1S/C21H26Cl2O6S2/c1-4-5-10-28-21-19(22)11-18(12-20(21)23)31(26,27)17-8-6-16(7-9-17)29-13-15(2)14-30(3,24)25/h6-9,11-12,15H,4-5,10,13-14H2,1-3H3/t15-/m0/s1. The smallest absolute Gasteiger partial charge is 0.206 e. The molecule has 2 aromatic carbocycles. The minimum atomic E-state index is -3.86. The largest absolute Gasteiger partial charge is 0.493 e. The first-order chi connectivity index (χ1) is 14.4. The Morgan fingerprint density at radius 1 is 0.935 bits per heavy atom. The number of rotatable bonds is 11. The van der Waals surface area contributed by atoms with Gasteiger partial charge in [0, 0.05) is 12.2 Å². The van der Waals surface area contributed by atoms with E-state index in [9.17, 15) is 16.8 Å². The molecule has 0 aliphatic carbocycles. The van der Waals surface area contributed by atoms with Crippen LogP contribution in [0.15, 0.2) is 46.2 Å². The number of sulfone groups is 2. The summed E-state index contributed by atoms with van der Waals surface area (Å²) in [5, 5.41) is 0.254. The molecule has 0 unspecified atom stereocenters. The average Bonchev–Trinajstić information content (AvgIpc) is 2.67. The van der Waals surface area contributed by atoms with Crippen LogP contribution in [0.1, 0.15) is 26.7 Å². The van der Waals surface area contributed by atoms with Crippen molar-refractivity contribution < 1.29 is 26.3 Å². The summed E-state index contributed by atoms with van der Waals surface area (Å²) in [6.07, 6.45) is 2.94. The Morgan fingerprint density at radius 2 is 1.52 bits per heavy atom. The van der Waals surface area contributed by atoms with Gasteiger partial charge in [-0.15, -0.1) is 0 Å². The topological polar surface area (TPSA) is 86.7 Å². The highest BCUT2D eigenvalue weighted by atomic mass is 35.5. The van der Waals surface area contributed by atoms with Gasteiger partial charge in [-0.1, -0.05) is 43.5 Å². The number of ether oxygens (including phenoxy) is 2. The van der Waals surface area contributed by atoms with Gasteiger partial charge in [-0.25, -0.2) is 16.8 Å². The lowest BCUT2D eigenvalue weighted by atomic mass is 10.2. The predicted octanol–water partition coefficient (Wildman–Crippen LogP) is 5.06. The molecule has 0 aromatic heterocycles. The second-order valence-corrected chi connectivity index (χ2v) is 12.4. The average molecular weight is 509 g/mol. The van der Waals surface area contributed by atoms with Gasteiger partial charge in [0.05, 0.1) is 38.8 Å². The van der Waals surface area contributed by atoms with Crippen LogP contribution < -0.4 is 9.47 Å². The van der Waals surface area contributed by atoms with Gasteiger partial charge in [-0.2, -0.15) is 0 Å². The lowest BCUT2D eigenvalue weighted by Gasteiger charge is -2.13. The second-order valence-electron chi connectivity index (χ2n) is 7.40. The maximum absolute atomic E-state index is 13.0. The van der Waals surface area contributed by atoms with E-state index in [2.05, 4.69) is 0 Å². The monoisotopic (exact) mass is 508 g/mol. The maximum atomic E-state index is 13.0. The van der Waals surface area contributed by atoms with Gasteiger partial charge in [-0.05, 0) is 42.8 Å². The fourth-order valence-corrected chi connectivity index (χ4v) is 5.97. The number of hydrogen-bond acceptors (Lipinski definition) is 6. The van der Waals surface area contributed by atoms with Crippen molar-refractivity contribution in [1.82, 2.24) is 0 Å². The van der Waals surface area contributed by atoms with E-state index in [-0.39, 0.29) is 43.9 Å². The highest BCUT2D eigenvalue weighted by Crippen LogP contribution is 2.37. The van der Waals surface area contributed by atoms with Crippen molar-refractivity contribution in [3.63, 3.8) is 0 Å². The van der Waals surface area contributed by atoms with Crippen LogP contribution in [0.2, 0.25) is 10.0 Å². The van der Waals surface area contributed by atoms with Gasteiger partial charge < -0.3 is 9.47 Å². The van der Waals surface area contributed by atoms with Gasteiger partial charge in [0.2, 0.25) is 9.84 Å². The van der Waals surface area contributed by atoms with Crippen molar-refractivity contribution in [1.29, 1.82) is 0 Å². The molecule has 0 N–H and O–H groups in total. The Bertz CT molecular complexity index is 1070. The predicted molar refractivity (Wildman–Crippen MR) is 123 cm³/mol. The molecule has 2 aromatic rings. The molecule has 0 fully saturated rings. The van der Waals surface area contributed by atoms with Gasteiger partial charge in [0.1, 0.15) is 15.6 Å². The zero-order chi connectivity index (χ0) is 23.2. The van der Waals surface area contributed by atoms with E-state index in [1.54, 1.807) is 6.92 Å². The molecule has 0 amide bonds. The van der Waals surface area contributed by atoms with Crippen molar-refractivity contribution in [2.45, 2.75) is 36.5 Å². The van der Waals surface area contributed by atoms with E-state index in [1.165, 1.54) is 42.7 Å². The third kappa shape index (κ3) is 7.56. The zero-order valence-corrected chi connectivity index (χ0v) is 20.7. The molecule has 0 bridgehead atoms. The van der Waals surface area contributed by atoms with Crippen LogP contribution in [-0.2, 0) is 19.7 Å². The Hall–Kier alpha value is -1.48. The zero-order valence-electron chi connectivity index (χ0n) is 17.6. The van der Waals surface area contributed by atoms with Gasteiger partial charge in [0.15, 0.2) is 5.75 Å². The molecule has 31 heavy (non-hydrogen) atoms. The lowest BCUT2D eigenvalue weighted by Crippen LogP contribution is -2.18. The number of hydrogen-bond donors (Lipinski definition) is 0. The lowest BCUT2D eigenvalue weighted by molar-refractivity contribution is 0.272. The fraction of sp³-hybridized carbons (Fsp3) is 0.429. The molecule has 0 saturated heterocycles. The molecular formula is C21H26Cl2O6S2. The first kappa shape index (κ1) is 25.8. The van der Waals surface area contributed by atoms with Crippen molar-refractivity contribution in [2.75, 3.05) is 25.2 Å². The Kier molecular flexibility index (Phi) is 9.06. The van der Waals surface area contributed by atoms with Crippen LogP contribution in [0.3, 0.4) is 0 Å². The molecule has 6 nitrogen and oxygen atoms in total. The van der Waals surface area contributed by atoms with E-state index in [1.807, 2.05) is 6.92 Å². The molecular weight excluding hydrogens is 483 g/mol. The third-order valence-electron chi connectivity index (χ3n) is 4.28. The van der Waals surface area contributed by atoms with Crippen LogP contribution in [0.4, 0.5) is 0 Å². The molecule has 0 aliphatic rings. The molecule has 0 saturated carbocycles. The van der Waals surface area contributed by atoms with Crippen LogP contribution in [0.5, 0.6) is 11.5 Å². The highest BCUT2D eigenvalue weighted by Gasteiger charge is 2.22. The summed E-state index contributed by atoms with van der Waals surface area (Å²) in [5.41, 5.74) is 0. The van der Waals surface area contributed by atoms with E-state index in [0.717, 1.165) is 12.8 Å². The van der Waals surface area contributed by atoms with Gasteiger partial charge in [0.25, 0.3) is 0 Å². The highest BCUT2D eigenvalue weighted by molar-refractivity contribution is 7.91. The van der Waals surface area contributed by atoms with E-state index < -0.39 is 19.7 Å². The first-order valence-electron chi connectivity index (χ1n) is 9.71. The molecule has 1 atom stereocenters. The third-order valence-corrected chi connectivity index (χ3v) is 7.77. The normalized spacial score (nSPS) is 13.1. The molecule has 2 rings (SSSR count). The summed E-state index contributed by atoms with van der Waals surface area (Å²) < 4.78 is 59.7. The van der Waals surface area contributed by atoms with Crippen molar-refractivity contribution in [2.24, 2.45) is 5.92 Å². The van der Waals surface area contributed by atoms with Gasteiger partial charge >= 0.3 is 0 Å². The van der Waals surface area contributed by atoms with Crippen LogP contribution >= 0.6 is 23.2 Å². The van der Waals surface area contributed by atoms with Crippen molar-refractivity contribution in [3.8, 4) is 11.5 Å². The SMILES string of the molecule is CCCCOc1c(Cl)cc(S(=O)(=O)c2ccc(OC[C@H](C)CS(C)(=O)=O)cc2)cc1Cl. The summed E-state index contributed by atoms with van der Waals surface area (Å²) in [6.45, 7) is 4.42. The summed E-state index contributed by atoms with van der Waals surface area (Å²) in [5.74, 6) is 0.526. The Morgan fingerprint density at radius 3 is 2.03 bits per heavy atom. The van der Waals surface area contributed by atoms with Gasteiger partial charge in [-0.3, -0.25) is 0 Å². The Labute approximate surface area is 194 Å². The molecule has 0 heterocycles. The molecule has 0 radical (unpaired) electrons. The number of unbranched alkanes of at least 4 members (excludes halogenated alkanes) is 1. The molecule has 0 spiro atoms. The van der Waals surface area contributed by atoms with E-state index >= 15 is 0 Å². The minimum absolute atomic E-state index is 0.0130. The number of halogens is 2. The maximum Gasteiger partial charge on any atom is 0.206 e. The van der Waals surface area contributed by atoms with Crippen molar-refractivity contribution in [3.05, 3.63) is 46.4 Å². The quantitative estimate of drug-likeness (QED) is 0.394. The van der Waals surface area contributed by atoms with Crippen LogP contribution in [0.25, 0.3) is 0 Å². The summed E-state index contributed by atoms with van der Waals surface area (Å²) >= 11 is 12.4. The molecule has 172 valence electrons. The minimum Gasteiger partial charge on any atom is -0.493 e. The summed E-state index contributed by atoms with van der Waals surface area (Å²) in [4.78, 5) is 0.0107. The van der Waals surface area contributed by atoms with E-state index in [4.69, 9.17) is 32.7 Å². The Balaban J connectivity index is 2.15. The van der Waals surface area contributed by atoms with Crippen LogP contribution in [-0.4, -0.2) is 42.1 Å². The molecule has 10 heteroatoms. The molecule has 0 aliphatic heterocycles. The number of benzene rings is 2. The summed E-state index contributed by atoms with van der Waals surface area (Å²) in [7, 11) is -6.95.